The Hall–Kier alpha value is -2.41. The lowest BCUT2D eigenvalue weighted by molar-refractivity contribution is -0.660. The molecule has 0 aliphatic heterocycles. The van der Waals surface area contributed by atoms with E-state index in [2.05, 4.69) is 106 Å². The van der Waals surface area contributed by atoms with Gasteiger partial charge in [0, 0.05) is 17.7 Å². The number of rotatable bonds is 3. The second-order valence-corrected chi connectivity index (χ2v) is 10.5. The lowest BCUT2D eigenvalue weighted by Gasteiger charge is -2.39. The highest BCUT2D eigenvalue weighted by Crippen LogP contribution is 2.70. The summed E-state index contributed by atoms with van der Waals surface area (Å²) in [6.07, 6.45) is 6.34. The van der Waals surface area contributed by atoms with E-state index in [9.17, 15) is 0 Å². The molecule has 2 fully saturated rings. The third-order valence-corrected chi connectivity index (χ3v) is 8.99. The van der Waals surface area contributed by atoms with Crippen molar-refractivity contribution in [2.45, 2.75) is 52.9 Å². The van der Waals surface area contributed by atoms with Crippen molar-refractivity contribution in [1.82, 2.24) is 0 Å². The Morgan fingerprint density at radius 2 is 1.67 bits per heavy atom. The van der Waals surface area contributed by atoms with Crippen LogP contribution in [-0.2, 0) is 7.05 Å². The van der Waals surface area contributed by atoms with Crippen LogP contribution in [0.25, 0.3) is 22.4 Å². The normalized spacial score (nSPS) is 26.8. The summed E-state index contributed by atoms with van der Waals surface area (Å²) in [7, 11) is 2.14. The number of aryl methyl sites for hydroxylation is 2. The van der Waals surface area contributed by atoms with Gasteiger partial charge in [-0.3, -0.25) is 0 Å². The molecule has 0 amide bonds. The predicted molar refractivity (Wildman–Crippen MR) is 125 cm³/mol. The highest BCUT2D eigenvalue weighted by atomic mass is 14.9. The van der Waals surface area contributed by atoms with Gasteiger partial charge in [0.1, 0.15) is 7.05 Å². The molecule has 30 heavy (non-hydrogen) atoms. The van der Waals surface area contributed by atoms with Gasteiger partial charge in [0.15, 0.2) is 6.20 Å². The lowest BCUT2D eigenvalue weighted by atomic mass is 9.65. The average Bonchev–Trinajstić information content (AvgIpc) is 3.08. The van der Waals surface area contributed by atoms with Crippen molar-refractivity contribution in [2.24, 2.45) is 23.8 Å². The molecular formula is C29H34N+. The van der Waals surface area contributed by atoms with Gasteiger partial charge in [-0.1, -0.05) is 63.2 Å². The van der Waals surface area contributed by atoms with Crippen LogP contribution in [0.5, 0.6) is 0 Å². The van der Waals surface area contributed by atoms with E-state index < -0.39 is 0 Å². The molecule has 0 radical (unpaired) electrons. The van der Waals surface area contributed by atoms with Crippen LogP contribution in [0, 0.1) is 23.7 Å². The van der Waals surface area contributed by atoms with E-state index in [-0.39, 0.29) is 0 Å². The fourth-order valence-corrected chi connectivity index (χ4v) is 6.52. The minimum absolute atomic E-state index is 0.422. The summed E-state index contributed by atoms with van der Waals surface area (Å²) in [6, 6.07) is 22.7. The minimum atomic E-state index is 0.422. The molecule has 2 bridgehead atoms. The number of hydrogen-bond acceptors (Lipinski definition) is 0. The van der Waals surface area contributed by atoms with Gasteiger partial charge in [-0.15, -0.1) is 0 Å². The molecule has 1 heteroatoms. The molecule has 0 spiro atoms. The Labute approximate surface area is 181 Å². The fourth-order valence-electron chi connectivity index (χ4n) is 6.52. The molecule has 3 aromatic rings. The van der Waals surface area contributed by atoms with Crippen molar-refractivity contribution in [3.05, 3.63) is 78.0 Å². The summed E-state index contributed by atoms with van der Waals surface area (Å²) < 4.78 is 2.23. The minimum Gasteiger partial charge on any atom is -0.201 e. The molecule has 3 atom stereocenters. The van der Waals surface area contributed by atoms with E-state index in [4.69, 9.17) is 0 Å². The molecule has 0 saturated heterocycles. The summed E-state index contributed by atoms with van der Waals surface area (Å²) >= 11 is 0. The second kappa shape index (κ2) is 6.80. The zero-order valence-electron chi connectivity index (χ0n) is 19.1. The topological polar surface area (TPSA) is 3.88 Å². The largest absolute Gasteiger partial charge is 0.213 e. The number of fused-ring (bicyclic) bond motifs is 2. The fraction of sp³-hybridized carbons (Fsp3) is 0.414. The maximum absolute atomic E-state index is 2.55. The summed E-state index contributed by atoms with van der Waals surface area (Å²) in [5.74, 6) is 1.56. The third-order valence-electron chi connectivity index (χ3n) is 8.99. The van der Waals surface area contributed by atoms with E-state index in [0.717, 1.165) is 5.92 Å². The SMILES string of the molecule is Cc1ccccc1-c1cc(-c2cccc(C3CC4CCC3(C)C4(C)C)c2)cc[n+]1C. The standard InChI is InChI=1S/C29H34N/c1-20-9-6-7-12-25(20)27-18-22(14-16-30(27)5)21-10-8-11-23(17-21)26-19-24-13-15-29(26,4)28(24,2)3/h6-12,14,16-18,24,26H,13,15,19H2,1-5H3/q+1. The number of pyridine rings is 1. The molecule has 2 aliphatic carbocycles. The summed E-state index contributed by atoms with van der Waals surface area (Å²) in [5.41, 5.74) is 8.95. The van der Waals surface area contributed by atoms with Gasteiger partial charge in [0.2, 0.25) is 5.69 Å². The van der Waals surface area contributed by atoms with Crippen LogP contribution in [0.15, 0.2) is 66.9 Å². The van der Waals surface area contributed by atoms with E-state index in [0.29, 0.717) is 16.7 Å². The number of nitrogens with zero attached hydrogens (tertiary/aromatic N) is 1. The molecule has 1 nitrogen and oxygen atoms in total. The first kappa shape index (κ1) is 19.5. The van der Waals surface area contributed by atoms with Crippen LogP contribution in [0.1, 0.15) is 57.1 Å². The van der Waals surface area contributed by atoms with Gasteiger partial charge in [-0.05, 0) is 77.2 Å². The van der Waals surface area contributed by atoms with Crippen molar-refractivity contribution < 1.29 is 4.57 Å². The maximum Gasteiger partial charge on any atom is 0.213 e. The van der Waals surface area contributed by atoms with Gasteiger partial charge in [-0.2, -0.15) is 0 Å². The number of hydrogen-bond donors (Lipinski definition) is 0. The van der Waals surface area contributed by atoms with Crippen LogP contribution in [-0.4, -0.2) is 0 Å². The van der Waals surface area contributed by atoms with Gasteiger partial charge in [0.25, 0.3) is 0 Å². The molecule has 2 saturated carbocycles. The van der Waals surface area contributed by atoms with E-state index in [1.54, 1.807) is 0 Å². The van der Waals surface area contributed by atoms with Crippen LogP contribution < -0.4 is 4.57 Å². The molecule has 5 rings (SSSR count). The second-order valence-electron chi connectivity index (χ2n) is 10.5. The summed E-state index contributed by atoms with van der Waals surface area (Å²) in [6.45, 7) is 9.77. The van der Waals surface area contributed by atoms with Gasteiger partial charge in [0.05, 0.1) is 0 Å². The molecule has 1 aromatic heterocycles. The molecule has 2 aromatic carbocycles. The van der Waals surface area contributed by atoms with Crippen LogP contribution in [0.4, 0.5) is 0 Å². The molecular weight excluding hydrogens is 362 g/mol. The van der Waals surface area contributed by atoms with Crippen molar-refractivity contribution in [3.8, 4) is 22.4 Å². The number of aromatic nitrogens is 1. The first-order valence-corrected chi connectivity index (χ1v) is 11.5. The Kier molecular flexibility index (Phi) is 4.43. The summed E-state index contributed by atoms with van der Waals surface area (Å²) in [4.78, 5) is 0. The molecule has 154 valence electrons. The van der Waals surface area contributed by atoms with Gasteiger partial charge < -0.3 is 0 Å². The first-order chi connectivity index (χ1) is 14.3. The predicted octanol–water partition coefficient (Wildman–Crippen LogP) is 7.08. The molecule has 2 aliphatic rings. The third kappa shape index (κ3) is 2.78. The van der Waals surface area contributed by atoms with Crippen LogP contribution in [0.2, 0.25) is 0 Å². The first-order valence-electron chi connectivity index (χ1n) is 11.5. The highest BCUT2D eigenvalue weighted by molar-refractivity contribution is 5.70. The summed E-state index contributed by atoms with van der Waals surface area (Å²) in [5, 5.41) is 0. The molecule has 0 N–H and O–H groups in total. The Balaban J connectivity index is 1.55. The zero-order valence-corrected chi connectivity index (χ0v) is 19.1. The quantitative estimate of drug-likeness (QED) is 0.416. The monoisotopic (exact) mass is 396 g/mol. The lowest BCUT2D eigenvalue weighted by Crippen LogP contribution is -2.31. The smallest absolute Gasteiger partial charge is 0.201 e. The zero-order chi connectivity index (χ0) is 21.1. The van der Waals surface area contributed by atoms with E-state index >= 15 is 0 Å². The van der Waals surface area contributed by atoms with Crippen molar-refractivity contribution in [2.75, 3.05) is 0 Å². The Morgan fingerprint density at radius 3 is 2.37 bits per heavy atom. The van der Waals surface area contributed by atoms with Crippen molar-refractivity contribution in [1.29, 1.82) is 0 Å². The van der Waals surface area contributed by atoms with Crippen molar-refractivity contribution >= 4 is 0 Å². The van der Waals surface area contributed by atoms with E-state index in [1.165, 1.54) is 52.8 Å². The van der Waals surface area contributed by atoms with Gasteiger partial charge >= 0.3 is 0 Å². The van der Waals surface area contributed by atoms with Crippen LogP contribution >= 0.6 is 0 Å². The highest BCUT2D eigenvalue weighted by Gasteiger charge is 2.61. The van der Waals surface area contributed by atoms with E-state index in [1.807, 2.05) is 0 Å². The van der Waals surface area contributed by atoms with Crippen molar-refractivity contribution in [3.63, 3.8) is 0 Å². The average molecular weight is 397 g/mol. The Morgan fingerprint density at radius 1 is 0.900 bits per heavy atom. The molecule has 1 heterocycles. The van der Waals surface area contributed by atoms with Crippen LogP contribution in [0.3, 0.4) is 0 Å². The molecule has 3 unspecified atom stereocenters. The number of benzene rings is 2. The maximum atomic E-state index is 2.55. The Bertz CT molecular complexity index is 1110. The van der Waals surface area contributed by atoms with Gasteiger partial charge in [-0.25, -0.2) is 4.57 Å².